The van der Waals surface area contributed by atoms with E-state index >= 15 is 0 Å². The van der Waals surface area contributed by atoms with E-state index in [-0.39, 0.29) is 0 Å². The lowest BCUT2D eigenvalue weighted by Crippen LogP contribution is -2.53. The van der Waals surface area contributed by atoms with Gasteiger partial charge in [0, 0.05) is 45.2 Å². The number of amides is 1. The minimum Gasteiger partial charge on any atom is -0.340 e. The molecule has 18 heavy (non-hydrogen) atoms. The lowest BCUT2D eigenvalue weighted by atomic mass is 10.1. The molecule has 2 N–H and O–H groups in total. The lowest BCUT2D eigenvalue weighted by Gasteiger charge is -2.39. The topological polar surface area (TPSA) is 49.6 Å². The first kappa shape index (κ1) is 13.8. The van der Waals surface area contributed by atoms with Crippen LogP contribution in [-0.2, 0) is 4.79 Å². The van der Waals surface area contributed by atoms with Gasteiger partial charge in [0.25, 0.3) is 0 Å². The Bertz CT molecular complexity index is 270. The first-order valence-electron chi connectivity index (χ1n) is 7.46. The molecule has 1 amide bonds. The maximum Gasteiger partial charge on any atom is 0.222 e. The van der Waals surface area contributed by atoms with Crippen molar-refractivity contribution in [2.75, 3.05) is 32.7 Å². The van der Waals surface area contributed by atoms with Crippen LogP contribution < -0.4 is 5.73 Å². The van der Waals surface area contributed by atoms with E-state index in [0.29, 0.717) is 17.9 Å². The van der Waals surface area contributed by atoms with E-state index in [4.69, 9.17) is 5.73 Å². The molecule has 0 spiro atoms. The zero-order valence-electron chi connectivity index (χ0n) is 11.6. The predicted octanol–water partition coefficient (Wildman–Crippen LogP) is 1.06. The van der Waals surface area contributed by atoms with Gasteiger partial charge >= 0.3 is 0 Å². The van der Waals surface area contributed by atoms with E-state index < -0.39 is 0 Å². The molecule has 1 saturated heterocycles. The highest BCUT2D eigenvalue weighted by atomic mass is 16.2. The normalized spacial score (nSPS) is 23.1. The molecule has 0 radical (unpaired) electrons. The molecule has 2 rings (SSSR count). The van der Waals surface area contributed by atoms with Crippen LogP contribution >= 0.6 is 0 Å². The van der Waals surface area contributed by atoms with Gasteiger partial charge in [-0.3, -0.25) is 9.69 Å². The van der Waals surface area contributed by atoms with Crippen LogP contribution in [0.1, 0.15) is 39.0 Å². The molecular weight excluding hydrogens is 226 g/mol. The van der Waals surface area contributed by atoms with Crippen LogP contribution in [0.15, 0.2) is 0 Å². The van der Waals surface area contributed by atoms with Crippen LogP contribution in [0.2, 0.25) is 0 Å². The highest BCUT2D eigenvalue weighted by Gasteiger charge is 2.29. The van der Waals surface area contributed by atoms with Crippen molar-refractivity contribution < 1.29 is 4.79 Å². The number of piperazine rings is 1. The van der Waals surface area contributed by atoms with Gasteiger partial charge in [-0.25, -0.2) is 0 Å². The molecule has 2 aliphatic rings. The number of nitrogens with zero attached hydrogens (tertiary/aromatic N) is 2. The fourth-order valence-electron chi connectivity index (χ4n) is 2.82. The molecule has 1 unspecified atom stereocenters. The second-order valence-corrected chi connectivity index (χ2v) is 5.74. The number of carbonyl (C=O) groups is 1. The molecule has 1 heterocycles. The second kappa shape index (κ2) is 6.53. The maximum atomic E-state index is 12.0. The standard InChI is InChI=1S/C14H27N3O/c1-2-3-13(11-15)16-6-8-17(9-7-16)14(18)10-12-4-5-12/h12-13H,2-11,15H2,1H3. The van der Waals surface area contributed by atoms with Gasteiger partial charge in [-0.1, -0.05) is 13.3 Å². The monoisotopic (exact) mass is 253 g/mol. The molecule has 1 saturated carbocycles. The van der Waals surface area contributed by atoms with Crippen molar-refractivity contribution in [3.05, 3.63) is 0 Å². The summed E-state index contributed by atoms with van der Waals surface area (Å²) in [5.74, 6) is 1.07. The van der Waals surface area contributed by atoms with Gasteiger partial charge in [0.05, 0.1) is 0 Å². The number of hydrogen-bond acceptors (Lipinski definition) is 3. The Kier molecular flexibility index (Phi) is 5.01. The number of nitrogens with two attached hydrogens (primary N) is 1. The van der Waals surface area contributed by atoms with Crippen LogP contribution in [-0.4, -0.2) is 54.5 Å². The van der Waals surface area contributed by atoms with Crippen LogP contribution in [0.5, 0.6) is 0 Å². The van der Waals surface area contributed by atoms with E-state index in [1.165, 1.54) is 25.7 Å². The van der Waals surface area contributed by atoms with Gasteiger partial charge in [0.1, 0.15) is 0 Å². The summed E-state index contributed by atoms with van der Waals surface area (Å²) in [6.45, 7) is 6.73. The quantitative estimate of drug-likeness (QED) is 0.770. The third kappa shape index (κ3) is 3.69. The zero-order valence-corrected chi connectivity index (χ0v) is 11.6. The summed E-state index contributed by atoms with van der Waals surface area (Å²) < 4.78 is 0. The smallest absolute Gasteiger partial charge is 0.222 e. The minimum absolute atomic E-state index is 0.372. The SMILES string of the molecule is CCCC(CN)N1CCN(C(=O)CC2CC2)CC1. The predicted molar refractivity (Wildman–Crippen MR) is 73.2 cm³/mol. The third-order valence-corrected chi connectivity index (χ3v) is 4.24. The number of carbonyl (C=O) groups excluding carboxylic acids is 1. The van der Waals surface area contributed by atoms with Gasteiger partial charge in [0.15, 0.2) is 0 Å². The Morgan fingerprint density at radius 1 is 1.28 bits per heavy atom. The van der Waals surface area contributed by atoms with Crippen molar-refractivity contribution in [1.82, 2.24) is 9.80 Å². The largest absolute Gasteiger partial charge is 0.340 e. The molecule has 2 fully saturated rings. The molecular formula is C14H27N3O. The molecule has 4 nitrogen and oxygen atoms in total. The first-order chi connectivity index (χ1) is 8.74. The summed E-state index contributed by atoms with van der Waals surface area (Å²) in [6.07, 6.45) is 5.67. The van der Waals surface area contributed by atoms with Crippen molar-refractivity contribution in [2.24, 2.45) is 11.7 Å². The van der Waals surface area contributed by atoms with Crippen LogP contribution in [0, 0.1) is 5.92 Å². The van der Waals surface area contributed by atoms with Crippen molar-refractivity contribution in [1.29, 1.82) is 0 Å². The van der Waals surface area contributed by atoms with E-state index in [2.05, 4.69) is 11.8 Å². The molecule has 0 bridgehead atoms. The molecule has 0 aromatic rings. The Balaban J connectivity index is 1.74. The number of hydrogen-bond donors (Lipinski definition) is 1. The van der Waals surface area contributed by atoms with Crippen LogP contribution in [0.3, 0.4) is 0 Å². The van der Waals surface area contributed by atoms with E-state index in [1.54, 1.807) is 0 Å². The zero-order chi connectivity index (χ0) is 13.0. The summed E-state index contributed by atoms with van der Waals surface area (Å²) in [5, 5.41) is 0. The van der Waals surface area contributed by atoms with Gasteiger partial charge < -0.3 is 10.6 Å². The Morgan fingerprint density at radius 3 is 2.44 bits per heavy atom. The average molecular weight is 253 g/mol. The van der Waals surface area contributed by atoms with E-state index in [1.807, 2.05) is 4.90 Å². The highest BCUT2D eigenvalue weighted by molar-refractivity contribution is 5.76. The molecule has 1 aliphatic heterocycles. The summed E-state index contributed by atoms with van der Waals surface area (Å²) in [5.41, 5.74) is 5.84. The van der Waals surface area contributed by atoms with E-state index in [0.717, 1.165) is 39.1 Å². The maximum absolute atomic E-state index is 12.0. The first-order valence-corrected chi connectivity index (χ1v) is 7.46. The van der Waals surface area contributed by atoms with Gasteiger partial charge in [-0.15, -0.1) is 0 Å². The Hall–Kier alpha value is -0.610. The molecule has 0 aromatic carbocycles. The Labute approximate surface area is 110 Å². The van der Waals surface area contributed by atoms with Crippen LogP contribution in [0.25, 0.3) is 0 Å². The number of rotatable bonds is 6. The minimum atomic E-state index is 0.372. The summed E-state index contributed by atoms with van der Waals surface area (Å²) in [6, 6.07) is 0.510. The van der Waals surface area contributed by atoms with Gasteiger partial charge in [-0.2, -0.15) is 0 Å². The van der Waals surface area contributed by atoms with Crippen molar-refractivity contribution in [3.8, 4) is 0 Å². The van der Waals surface area contributed by atoms with Crippen molar-refractivity contribution in [3.63, 3.8) is 0 Å². The lowest BCUT2D eigenvalue weighted by molar-refractivity contribution is -0.133. The van der Waals surface area contributed by atoms with Gasteiger partial charge in [-0.05, 0) is 25.2 Å². The van der Waals surface area contributed by atoms with Crippen molar-refractivity contribution in [2.45, 2.75) is 45.1 Å². The molecule has 104 valence electrons. The third-order valence-electron chi connectivity index (χ3n) is 4.24. The summed E-state index contributed by atoms with van der Waals surface area (Å²) in [7, 11) is 0. The Morgan fingerprint density at radius 2 is 1.94 bits per heavy atom. The van der Waals surface area contributed by atoms with Gasteiger partial charge in [0.2, 0.25) is 5.91 Å². The molecule has 1 atom stereocenters. The fraction of sp³-hybridized carbons (Fsp3) is 0.929. The molecule has 4 heteroatoms. The second-order valence-electron chi connectivity index (χ2n) is 5.74. The van der Waals surface area contributed by atoms with Crippen molar-refractivity contribution >= 4 is 5.91 Å². The molecule has 0 aromatic heterocycles. The highest BCUT2D eigenvalue weighted by Crippen LogP contribution is 2.33. The van der Waals surface area contributed by atoms with E-state index in [9.17, 15) is 4.79 Å². The van der Waals surface area contributed by atoms with Crippen LogP contribution in [0.4, 0.5) is 0 Å². The summed E-state index contributed by atoms with van der Waals surface area (Å²) >= 11 is 0. The average Bonchev–Trinajstić information content (AvgIpc) is 3.20. The fourth-order valence-corrected chi connectivity index (χ4v) is 2.82. The summed E-state index contributed by atoms with van der Waals surface area (Å²) in [4.78, 5) is 16.5. The molecule has 1 aliphatic carbocycles.